The van der Waals surface area contributed by atoms with E-state index in [1.807, 2.05) is 13.8 Å². The van der Waals surface area contributed by atoms with Crippen molar-refractivity contribution >= 4 is 5.97 Å². The van der Waals surface area contributed by atoms with E-state index in [1.54, 1.807) is 0 Å². The Kier molecular flexibility index (Phi) is 4.00. The normalized spacial score (nSPS) is 14.1. The van der Waals surface area contributed by atoms with Crippen LogP contribution < -0.4 is 0 Å². The van der Waals surface area contributed by atoms with Gasteiger partial charge in [-0.1, -0.05) is 41.0 Å². The Morgan fingerprint density at radius 2 is 1.47 bits per heavy atom. The van der Waals surface area contributed by atoms with E-state index in [0.29, 0.717) is 0 Å². The van der Waals surface area contributed by atoms with Crippen molar-refractivity contribution in [3.8, 4) is 0 Å². The average molecular weight is 214 g/mol. The molecule has 0 aliphatic carbocycles. The highest BCUT2D eigenvalue weighted by Crippen LogP contribution is 2.47. The van der Waals surface area contributed by atoms with Crippen molar-refractivity contribution in [2.75, 3.05) is 0 Å². The molecule has 0 unspecified atom stereocenters. The van der Waals surface area contributed by atoms with Gasteiger partial charge in [0.15, 0.2) is 0 Å². The number of carboxylic acids is 1. The molecule has 0 fully saturated rings. The van der Waals surface area contributed by atoms with Crippen LogP contribution in [0.3, 0.4) is 0 Å². The van der Waals surface area contributed by atoms with Gasteiger partial charge in [-0.15, -0.1) is 0 Å². The molecule has 0 aromatic carbocycles. The van der Waals surface area contributed by atoms with Crippen molar-refractivity contribution in [3.05, 3.63) is 0 Å². The molecule has 0 aromatic rings. The Labute approximate surface area is 94.1 Å². The molecule has 15 heavy (non-hydrogen) atoms. The monoisotopic (exact) mass is 214 g/mol. The van der Waals surface area contributed by atoms with Gasteiger partial charge in [0, 0.05) is 0 Å². The van der Waals surface area contributed by atoms with E-state index in [4.69, 9.17) is 0 Å². The molecule has 0 amide bonds. The first-order chi connectivity index (χ1) is 6.46. The Morgan fingerprint density at radius 1 is 1.07 bits per heavy atom. The average Bonchev–Trinajstić information content (AvgIpc) is 2.02. The fraction of sp³-hybridized carbons (Fsp3) is 0.923. The molecule has 90 valence electrons. The highest BCUT2D eigenvalue weighted by molar-refractivity contribution is 5.74. The molecule has 2 nitrogen and oxygen atoms in total. The summed E-state index contributed by atoms with van der Waals surface area (Å²) in [7, 11) is 0. The van der Waals surface area contributed by atoms with Gasteiger partial charge in [-0.3, -0.25) is 4.79 Å². The molecular formula is C13H26O2. The molecule has 0 atom stereocenters. The van der Waals surface area contributed by atoms with Crippen LogP contribution in [-0.2, 0) is 4.79 Å². The molecule has 0 radical (unpaired) electrons. The van der Waals surface area contributed by atoms with E-state index in [-0.39, 0.29) is 10.8 Å². The molecule has 0 spiro atoms. The van der Waals surface area contributed by atoms with Crippen LogP contribution in [0, 0.1) is 16.2 Å². The molecular weight excluding hydrogens is 188 g/mol. The number of aliphatic carboxylic acids is 1. The third-order valence-corrected chi connectivity index (χ3v) is 4.10. The lowest BCUT2D eigenvalue weighted by Gasteiger charge is -2.43. The summed E-state index contributed by atoms with van der Waals surface area (Å²) in [5, 5.41) is 9.25. The van der Waals surface area contributed by atoms with Crippen molar-refractivity contribution in [3.63, 3.8) is 0 Å². The first kappa shape index (κ1) is 14.5. The minimum atomic E-state index is -0.709. The van der Waals surface area contributed by atoms with Gasteiger partial charge < -0.3 is 5.11 Å². The lowest BCUT2D eigenvalue weighted by atomic mass is 9.61. The number of hydrogen-bond acceptors (Lipinski definition) is 1. The number of carbonyl (C=O) groups is 1. The SMILES string of the molecule is CCC(C)(C)CC(C)(C)C(C)(C)C(=O)O. The highest BCUT2D eigenvalue weighted by Gasteiger charge is 2.45. The summed E-state index contributed by atoms with van der Waals surface area (Å²) < 4.78 is 0. The van der Waals surface area contributed by atoms with E-state index >= 15 is 0 Å². The largest absolute Gasteiger partial charge is 0.481 e. The molecule has 0 saturated carbocycles. The van der Waals surface area contributed by atoms with Crippen molar-refractivity contribution in [2.45, 2.75) is 61.3 Å². The zero-order valence-electron chi connectivity index (χ0n) is 11.3. The third-order valence-electron chi connectivity index (χ3n) is 4.10. The topological polar surface area (TPSA) is 37.3 Å². The fourth-order valence-electron chi connectivity index (χ4n) is 1.83. The smallest absolute Gasteiger partial charge is 0.309 e. The minimum Gasteiger partial charge on any atom is -0.481 e. The lowest BCUT2D eigenvalue weighted by Crippen LogP contribution is -2.42. The summed E-state index contributed by atoms with van der Waals surface area (Å²) in [4.78, 5) is 11.2. The van der Waals surface area contributed by atoms with E-state index in [2.05, 4.69) is 34.6 Å². The van der Waals surface area contributed by atoms with Crippen molar-refractivity contribution < 1.29 is 9.90 Å². The van der Waals surface area contributed by atoms with Gasteiger partial charge in [-0.2, -0.15) is 0 Å². The van der Waals surface area contributed by atoms with Gasteiger partial charge >= 0.3 is 5.97 Å². The minimum absolute atomic E-state index is 0.196. The molecule has 0 heterocycles. The highest BCUT2D eigenvalue weighted by atomic mass is 16.4. The van der Waals surface area contributed by atoms with Crippen molar-refractivity contribution in [1.29, 1.82) is 0 Å². The van der Waals surface area contributed by atoms with Gasteiger partial charge in [0.05, 0.1) is 5.41 Å². The van der Waals surface area contributed by atoms with Crippen LogP contribution in [-0.4, -0.2) is 11.1 Å². The van der Waals surface area contributed by atoms with Crippen LogP contribution in [0.5, 0.6) is 0 Å². The standard InChI is InChI=1S/C13H26O2/c1-8-11(2,3)9-12(4,5)13(6,7)10(14)15/h8-9H2,1-7H3,(H,14,15). The molecule has 1 N–H and O–H groups in total. The lowest BCUT2D eigenvalue weighted by molar-refractivity contribution is -0.155. The number of carboxylic acid groups (broad SMARTS) is 1. The summed E-state index contributed by atoms with van der Waals surface area (Å²) in [6, 6.07) is 0. The van der Waals surface area contributed by atoms with Gasteiger partial charge in [0.1, 0.15) is 0 Å². The Hall–Kier alpha value is -0.530. The maximum absolute atomic E-state index is 11.2. The zero-order valence-corrected chi connectivity index (χ0v) is 11.3. The Balaban J connectivity index is 4.91. The predicted octanol–water partition coefficient (Wildman–Crippen LogP) is 3.95. The van der Waals surface area contributed by atoms with E-state index < -0.39 is 11.4 Å². The predicted molar refractivity (Wildman–Crippen MR) is 63.9 cm³/mol. The van der Waals surface area contributed by atoms with Crippen LogP contribution in [0.2, 0.25) is 0 Å². The molecule has 0 aliphatic rings. The summed E-state index contributed by atoms with van der Waals surface area (Å²) >= 11 is 0. The van der Waals surface area contributed by atoms with E-state index in [1.165, 1.54) is 0 Å². The molecule has 0 rings (SSSR count). The number of hydrogen-bond donors (Lipinski definition) is 1. The molecule has 2 heteroatoms. The van der Waals surface area contributed by atoms with Gasteiger partial charge in [0.25, 0.3) is 0 Å². The summed E-state index contributed by atoms with van der Waals surface area (Å²) in [5.41, 5.74) is -0.673. The maximum Gasteiger partial charge on any atom is 0.309 e. The molecule has 0 bridgehead atoms. The van der Waals surface area contributed by atoms with Crippen LogP contribution in [0.4, 0.5) is 0 Å². The van der Waals surface area contributed by atoms with Gasteiger partial charge in [-0.25, -0.2) is 0 Å². The van der Waals surface area contributed by atoms with Crippen LogP contribution in [0.1, 0.15) is 61.3 Å². The van der Waals surface area contributed by atoms with Crippen LogP contribution in [0.15, 0.2) is 0 Å². The zero-order chi connectivity index (χ0) is 12.5. The van der Waals surface area contributed by atoms with Crippen molar-refractivity contribution in [1.82, 2.24) is 0 Å². The molecule has 0 aromatic heterocycles. The van der Waals surface area contributed by atoms with Crippen LogP contribution in [0.25, 0.3) is 0 Å². The summed E-state index contributed by atoms with van der Waals surface area (Å²) in [6.07, 6.45) is 2.00. The second-order valence-electron chi connectivity index (χ2n) is 6.51. The molecule has 0 saturated heterocycles. The Bertz CT molecular complexity index is 237. The fourth-order valence-corrected chi connectivity index (χ4v) is 1.83. The van der Waals surface area contributed by atoms with E-state index in [9.17, 15) is 9.90 Å². The molecule has 0 aliphatic heterocycles. The second kappa shape index (κ2) is 4.15. The third kappa shape index (κ3) is 3.22. The first-order valence-corrected chi connectivity index (χ1v) is 5.70. The van der Waals surface area contributed by atoms with Gasteiger partial charge in [0.2, 0.25) is 0 Å². The Morgan fingerprint density at radius 3 is 1.73 bits per heavy atom. The van der Waals surface area contributed by atoms with Crippen molar-refractivity contribution in [2.24, 2.45) is 16.2 Å². The summed E-state index contributed by atoms with van der Waals surface area (Å²) in [6.45, 7) is 14.3. The summed E-state index contributed by atoms with van der Waals surface area (Å²) in [5.74, 6) is -0.709. The maximum atomic E-state index is 11.2. The quantitative estimate of drug-likeness (QED) is 0.752. The first-order valence-electron chi connectivity index (χ1n) is 5.70. The number of rotatable bonds is 5. The van der Waals surface area contributed by atoms with E-state index in [0.717, 1.165) is 12.8 Å². The second-order valence-corrected chi connectivity index (χ2v) is 6.51. The van der Waals surface area contributed by atoms with Crippen LogP contribution >= 0.6 is 0 Å². The van der Waals surface area contributed by atoms with Gasteiger partial charge in [-0.05, 0) is 31.1 Å².